The van der Waals surface area contributed by atoms with Gasteiger partial charge in [-0.05, 0) is 24.6 Å². The van der Waals surface area contributed by atoms with Crippen molar-refractivity contribution in [1.82, 2.24) is 4.98 Å². The van der Waals surface area contributed by atoms with Crippen molar-refractivity contribution in [3.05, 3.63) is 29.7 Å². The molecule has 1 aromatic carbocycles. The molecule has 2 N–H and O–H groups in total. The lowest BCUT2D eigenvalue weighted by Gasteiger charge is -2.04. The highest BCUT2D eigenvalue weighted by Crippen LogP contribution is 2.31. The summed E-state index contributed by atoms with van der Waals surface area (Å²) < 4.78 is 42.9. The highest BCUT2D eigenvalue weighted by molar-refractivity contribution is 5.73. The molecule has 0 bridgehead atoms. The van der Waals surface area contributed by atoms with Gasteiger partial charge in [0.05, 0.1) is 5.56 Å². The Labute approximate surface area is 102 Å². The van der Waals surface area contributed by atoms with Gasteiger partial charge in [0, 0.05) is 12.5 Å². The van der Waals surface area contributed by atoms with Crippen molar-refractivity contribution in [2.75, 3.05) is 0 Å². The molecule has 0 spiro atoms. The molecule has 18 heavy (non-hydrogen) atoms. The molecule has 0 saturated carbocycles. The summed E-state index contributed by atoms with van der Waals surface area (Å²) in [6.45, 7) is 1.93. The number of aromatic nitrogens is 1. The molecule has 98 valence electrons. The molecule has 6 heteroatoms. The van der Waals surface area contributed by atoms with Crippen LogP contribution in [0.15, 0.2) is 22.6 Å². The predicted octanol–water partition coefficient (Wildman–Crippen LogP) is 3.13. The maximum Gasteiger partial charge on any atom is 0.416 e. The van der Waals surface area contributed by atoms with Gasteiger partial charge < -0.3 is 10.2 Å². The topological polar surface area (TPSA) is 52.0 Å². The van der Waals surface area contributed by atoms with E-state index in [-0.39, 0.29) is 11.6 Å². The number of halogens is 3. The lowest BCUT2D eigenvalue weighted by atomic mass is 10.2. The Bertz CT molecular complexity index is 548. The Kier molecular flexibility index (Phi) is 3.30. The third-order valence-corrected chi connectivity index (χ3v) is 2.72. The van der Waals surface area contributed by atoms with E-state index < -0.39 is 11.7 Å². The molecule has 1 unspecified atom stereocenters. The number of fused-ring (bicyclic) bond motifs is 1. The van der Waals surface area contributed by atoms with Crippen LogP contribution in [0, 0.1) is 0 Å². The summed E-state index contributed by atoms with van der Waals surface area (Å²) in [5.41, 5.74) is 5.58. The SMILES string of the molecule is CCC(N)Cc1nc2cc(C(F)(F)F)ccc2o1. The van der Waals surface area contributed by atoms with Crippen LogP contribution in [-0.2, 0) is 12.6 Å². The van der Waals surface area contributed by atoms with Gasteiger partial charge in [-0.3, -0.25) is 0 Å². The van der Waals surface area contributed by atoms with Gasteiger partial charge in [0.25, 0.3) is 0 Å². The Morgan fingerprint density at radius 2 is 2.11 bits per heavy atom. The Balaban J connectivity index is 2.34. The van der Waals surface area contributed by atoms with Crippen LogP contribution in [0.25, 0.3) is 11.1 Å². The van der Waals surface area contributed by atoms with Crippen LogP contribution < -0.4 is 5.73 Å². The van der Waals surface area contributed by atoms with Gasteiger partial charge in [0.15, 0.2) is 11.5 Å². The maximum atomic E-state index is 12.5. The molecule has 2 aromatic rings. The molecule has 3 nitrogen and oxygen atoms in total. The average molecular weight is 258 g/mol. The highest BCUT2D eigenvalue weighted by Gasteiger charge is 2.31. The van der Waals surface area contributed by atoms with Crippen molar-refractivity contribution in [2.45, 2.75) is 32.0 Å². The van der Waals surface area contributed by atoms with Gasteiger partial charge in [-0.15, -0.1) is 0 Å². The third kappa shape index (κ3) is 2.64. The van der Waals surface area contributed by atoms with Crippen LogP contribution in [0.4, 0.5) is 13.2 Å². The molecule has 2 rings (SSSR count). The van der Waals surface area contributed by atoms with E-state index in [1.165, 1.54) is 6.07 Å². The summed E-state index contributed by atoms with van der Waals surface area (Å²) in [7, 11) is 0. The van der Waals surface area contributed by atoms with Crippen molar-refractivity contribution in [1.29, 1.82) is 0 Å². The Morgan fingerprint density at radius 3 is 2.72 bits per heavy atom. The standard InChI is InChI=1S/C12H13F3N2O/c1-2-8(16)6-11-17-9-5-7(12(13,14)15)3-4-10(9)18-11/h3-5,8H,2,6,16H2,1H3. The highest BCUT2D eigenvalue weighted by atomic mass is 19.4. The number of rotatable bonds is 3. The van der Waals surface area contributed by atoms with E-state index in [1.807, 2.05) is 6.92 Å². The number of hydrogen-bond donors (Lipinski definition) is 1. The number of nitrogens with zero attached hydrogens (tertiary/aromatic N) is 1. The van der Waals surface area contributed by atoms with E-state index >= 15 is 0 Å². The normalized spacial score (nSPS) is 14.1. The molecule has 1 heterocycles. The summed E-state index contributed by atoms with van der Waals surface area (Å²) in [4.78, 5) is 4.03. The molecule has 1 aromatic heterocycles. The van der Waals surface area contributed by atoms with E-state index in [2.05, 4.69) is 4.98 Å². The average Bonchev–Trinajstić information content (AvgIpc) is 2.68. The number of benzene rings is 1. The van der Waals surface area contributed by atoms with Gasteiger partial charge in [-0.2, -0.15) is 13.2 Å². The van der Waals surface area contributed by atoms with Gasteiger partial charge in [0.1, 0.15) is 5.52 Å². The second-order valence-corrected chi connectivity index (χ2v) is 4.16. The zero-order chi connectivity index (χ0) is 13.3. The molecule has 0 saturated heterocycles. The first-order valence-corrected chi connectivity index (χ1v) is 5.62. The van der Waals surface area contributed by atoms with Crippen LogP contribution >= 0.6 is 0 Å². The van der Waals surface area contributed by atoms with Crippen LogP contribution in [0.5, 0.6) is 0 Å². The zero-order valence-corrected chi connectivity index (χ0v) is 9.79. The van der Waals surface area contributed by atoms with Crippen molar-refractivity contribution in [3.8, 4) is 0 Å². The van der Waals surface area contributed by atoms with Gasteiger partial charge in [0.2, 0.25) is 0 Å². The molecule has 0 aliphatic carbocycles. The Hall–Kier alpha value is -1.56. The summed E-state index contributed by atoms with van der Waals surface area (Å²) in [6, 6.07) is 3.16. The summed E-state index contributed by atoms with van der Waals surface area (Å²) >= 11 is 0. The van der Waals surface area contributed by atoms with Gasteiger partial charge >= 0.3 is 6.18 Å². The number of oxazole rings is 1. The number of hydrogen-bond acceptors (Lipinski definition) is 3. The second kappa shape index (κ2) is 4.61. The smallest absolute Gasteiger partial charge is 0.416 e. The minimum atomic E-state index is -4.37. The molecule has 0 aliphatic heterocycles. The first-order valence-electron chi connectivity index (χ1n) is 5.62. The van der Waals surface area contributed by atoms with Crippen LogP contribution in [0.3, 0.4) is 0 Å². The van der Waals surface area contributed by atoms with Gasteiger partial charge in [-0.1, -0.05) is 6.92 Å². The monoisotopic (exact) mass is 258 g/mol. The van der Waals surface area contributed by atoms with Gasteiger partial charge in [-0.25, -0.2) is 4.98 Å². The molecule has 0 aliphatic rings. The van der Waals surface area contributed by atoms with Crippen molar-refractivity contribution >= 4 is 11.1 Å². The molecule has 0 radical (unpaired) electrons. The molecule has 0 fully saturated rings. The number of alkyl halides is 3. The minimum Gasteiger partial charge on any atom is -0.441 e. The van der Waals surface area contributed by atoms with Crippen LogP contribution in [-0.4, -0.2) is 11.0 Å². The fraction of sp³-hybridized carbons (Fsp3) is 0.417. The lowest BCUT2D eigenvalue weighted by molar-refractivity contribution is -0.137. The summed E-state index contributed by atoms with van der Waals surface area (Å²) in [5, 5.41) is 0. The predicted molar refractivity (Wildman–Crippen MR) is 61.0 cm³/mol. The number of nitrogens with two attached hydrogens (primary N) is 1. The third-order valence-electron chi connectivity index (χ3n) is 2.72. The molecule has 1 atom stereocenters. The van der Waals surface area contributed by atoms with E-state index in [0.717, 1.165) is 18.6 Å². The molecular formula is C12H13F3N2O. The zero-order valence-electron chi connectivity index (χ0n) is 9.79. The first-order chi connectivity index (χ1) is 8.40. The molecule has 0 amide bonds. The van der Waals surface area contributed by atoms with E-state index in [0.29, 0.717) is 17.9 Å². The summed E-state index contributed by atoms with van der Waals surface area (Å²) in [6.07, 6.45) is -3.19. The quantitative estimate of drug-likeness (QED) is 0.920. The fourth-order valence-corrected chi connectivity index (χ4v) is 1.61. The van der Waals surface area contributed by atoms with Crippen LogP contribution in [0.1, 0.15) is 24.8 Å². The summed E-state index contributed by atoms with van der Waals surface area (Å²) in [5.74, 6) is 0.374. The van der Waals surface area contributed by atoms with Crippen molar-refractivity contribution in [2.24, 2.45) is 5.73 Å². The fourth-order valence-electron chi connectivity index (χ4n) is 1.61. The van der Waals surface area contributed by atoms with E-state index in [1.54, 1.807) is 0 Å². The second-order valence-electron chi connectivity index (χ2n) is 4.16. The van der Waals surface area contributed by atoms with Crippen molar-refractivity contribution < 1.29 is 17.6 Å². The van der Waals surface area contributed by atoms with E-state index in [4.69, 9.17) is 10.2 Å². The van der Waals surface area contributed by atoms with Crippen LogP contribution in [0.2, 0.25) is 0 Å². The Morgan fingerprint density at radius 1 is 1.39 bits per heavy atom. The first kappa shape index (κ1) is 12.9. The minimum absolute atomic E-state index is 0.0971. The molecular weight excluding hydrogens is 245 g/mol. The largest absolute Gasteiger partial charge is 0.441 e. The van der Waals surface area contributed by atoms with Crippen molar-refractivity contribution in [3.63, 3.8) is 0 Å². The lowest BCUT2D eigenvalue weighted by Crippen LogP contribution is -2.21. The van der Waals surface area contributed by atoms with E-state index in [9.17, 15) is 13.2 Å². The maximum absolute atomic E-state index is 12.5.